The van der Waals surface area contributed by atoms with Crippen molar-refractivity contribution in [3.05, 3.63) is 35.4 Å². The maximum atomic E-state index is 12.0. The predicted octanol–water partition coefficient (Wildman–Crippen LogP) is 2.84. The molecule has 0 radical (unpaired) electrons. The van der Waals surface area contributed by atoms with Crippen LogP contribution in [-0.2, 0) is 16.0 Å². The van der Waals surface area contributed by atoms with Gasteiger partial charge in [-0.05, 0) is 31.7 Å². The van der Waals surface area contributed by atoms with Gasteiger partial charge < -0.3 is 10.2 Å². The molecule has 0 unspecified atom stereocenters. The number of aryl methyl sites for hydroxylation is 2. The number of amides is 2. The van der Waals surface area contributed by atoms with Gasteiger partial charge in [-0.1, -0.05) is 53.0 Å². The summed E-state index contributed by atoms with van der Waals surface area (Å²) in [4.78, 5) is 24.4. The molecule has 6 heteroatoms. The quantitative estimate of drug-likeness (QED) is 0.824. The number of nitrogens with zero attached hydrogens (tertiary/aromatic N) is 1. The first kappa shape index (κ1) is 18.1. The van der Waals surface area contributed by atoms with Crippen molar-refractivity contribution in [2.75, 3.05) is 13.1 Å². The first-order chi connectivity index (χ1) is 11.0. The number of rotatable bonds is 5. The van der Waals surface area contributed by atoms with Gasteiger partial charge in [-0.25, -0.2) is 0 Å². The summed E-state index contributed by atoms with van der Waals surface area (Å²) in [7, 11) is 0. The van der Waals surface area contributed by atoms with Crippen molar-refractivity contribution in [3.8, 4) is 0 Å². The van der Waals surface area contributed by atoms with Gasteiger partial charge in [0.05, 0.1) is 0 Å². The van der Waals surface area contributed by atoms with Gasteiger partial charge in [-0.15, -0.1) is 0 Å². The average Bonchev–Trinajstić information content (AvgIpc) is 2.54. The zero-order valence-electron chi connectivity index (χ0n) is 13.2. The number of alkyl halides is 2. The summed E-state index contributed by atoms with van der Waals surface area (Å²) in [5, 5.41) is 3.05. The maximum absolute atomic E-state index is 12.0. The molecule has 0 saturated carbocycles. The summed E-state index contributed by atoms with van der Waals surface area (Å²) in [5.74, 6) is -0.194. The largest absolute Gasteiger partial charge is 0.353 e. The van der Waals surface area contributed by atoms with Crippen molar-refractivity contribution in [1.82, 2.24) is 10.2 Å². The van der Waals surface area contributed by atoms with Crippen molar-refractivity contribution < 1.29 is 9.59 Å². The first-order valence-electron chi connectivity index (χ1n) is 7.87. The third-order valence-corrected chi connectivity index (χ3v) is 4.49. The van der Waals surface area contributed by atoms with Crippen LogP contribution in [0.1, 0.15) is 30.4 Å². The molecule has 0 spiro atoms. The van der Waals surface area contributed by atoms with Crippen LogP contribution in [0.2, 0.25) is 0 Å². The van der Waals surface area contributed by atoms with E-state index in [0.717, 1.165) is 19.3 Å². The predicted molar refractivity (Wildman–Crippen MR) is 92.7 cm³/mol. The molecule has 1 aliphatic heterocycles. The molecule has 1 aliphatic rings. The number of carbonyl (C=O) groups is 2. The normalized spacial score (nSPS) is 15.7. The number of likely N-dealkylation sites (tertiary alicyclic amines) is 1. The van der Waals surface area contributed by atoms with Gasteiger partial charge >= 0.3 is 0 Å². The van der Waals surface area contributed by atoms with E-state index in [2.05, 4.69) is 29.6 Å². The second-order valence-electron chi connectivity index (χ2n) is 5.95. The molecular weight excluding hydrogens is 335 g/mol. The van der Waals surface area contributed by atoms with Crippen molar-refractivity contribution in [2.45, 2.75) is 43.5 Å². The minimum absolute atomic E-state index is 0.0583. The van der Waals surface area contributed by atoms with Crippen LogP contribution in [0.25, 0.3) is 0 Å². The molecule has 23 heavy (non-hydrogen) atoms. The fraction of sp³-hybridized carbons (Fsp3) is 0.529. The Kier molecular flexibility index (Phi) is 6.72. The van der Waals surface area contributed by atoms with Gasteiger partial charge in [0.25, 0.3) is 5.91 Å². The van der Waals surface area contributed by atoms with Gasteiger partial charge in [0.15, 0.2) is 4.84 Å². The molecule has 0 aliphatic carbocycles. The molecule has 1 fully saturated rings. The van der Waals surface area contributed by atoms with Crippen LogP contribution >= 0.6 is 23.2 Å². The molecule has 1 saturated heterocycles. The number of halogens is 2. The molecule has 0 bridgehead atoms. The number of carbonyl (C=O) groups excluding carboxylic acids is 2. The van der Waals surface area contributed by atoms with Crippen LogP contribution in [-0.4, -0.2) is 40.7 Å². The lowest BCUT2D eigenvalue weighted by Gasteiger charge is -2.32. The molecule has 1 aromatic rings. The highest BCUT2D eigenvalue weighted by Gasteiger charge is 2.26. The van der Waals surface area contributed by atoms with Crippen LogP contribution in [0.5, 0.6) is 0 Å². The standard InChI is InChI=1S/C17H22Cl2N2O2/c1-12-2-4-13(5-3-12)6-7-15(22)20-14-8-10-21(11-9-14)17(23)16(18)19/h2-5,14,16H,6-11H2,1H3,(H,20,22). The highest BCUT2D eigenvalue weighted by molar-refractivity contribution is 6.53. The van der Waals surface area contributed by atoms with E-state index in [1.165, 1.54) is 11.1 Å². The van der Waals surface area contributed by atoms with Crippen LogP contribution in [0.3, 0.4) is 0 Å². The Morgan fingerprint density at radius 1 is 1.22 bits per heavy atom. The molecule has 1 aromatic carbocycles. The number of hydrogen-bond donors (Lipinski definition) is 1. The Hall–Kier alpha value is -1.26. The Morgan fingerprint density at radius 2 is 1.83 bits per heavy atom. The Labute approximate surface area is 147 Å². The van der Waals surface area contributed by atoms with Gasteiger partial charge in [0, 0.05) is 25.6 Å². The van der Waals surface area contributed by atoms with Crippen molar-refractivity contribution >= 4 is 35.0 Å². The Bertz CT molecular complexity index is 538. The third kappa shape index (κ3) is 5.70. The molecule has 4 nitrogen and oxygen atoms in total. The van der Waals surface area contributed by atoms with E-state index in [9.17, 15) is 9.59 Å². The molecule has 1 heterocycles. The number of nitrogens with one attached hydrogen (secondary N) is 1. The third-order valence-electron chi connectivity index (χ3n) is 4.12. The van der Waals surface area contributed by atoms with Gasteiger partial charge in [0.1, 0.15) is 0 Å². The van der Waals surface area contributed by atoms with E-state index in [1.807, 2.05) is 6.92 Å². The zero-order valence-corrected chi connectivity index (χ0v) is 14.7. The minimum atomic E-state index is -1.00. The summed E-state index contributed by atoms with van der Waals surface area (Å²) in [6.45, 7) is 3.21. The highest BCUT2D eigenvalue weighted by atomic mass is 35.5. The van der Waals surface area contributed by atoms with Crippen molar-refractivity contribution in [1.29, 1.82) is 0 Å². The summed E-state index contributed by atoms with van der Waals surface area (Å²) < 4.78 is 0. The van der Waals surface area contributed by atoms with E-state index < -0.39 is 4.84 Å². The summed E-state index contributed by atoms with van der Waals surface area (Å²) in [6.07, 6.45) is 2.70. The molecule has 2 amide bonds. The van der Waals surface area contributed by atoms with Crippen LogP contribution in [0.15, 0.2) is 24.3 Å². The van der Waals surface area contributed by atoms with Gasteiger partial charge in [-0.2, -0.15) is 0 Å². The van der Waals surface area contributed by atoms with E-state index in [-0.39, 0.29) is 17.9 Å². The summed E-state index contributed by atoms with van der Waals surface area (Å²) >= 11 is 11.2. The van der Waals surface area contributed by atoms with E-state index in [1.54, 1.807) is 4.90 Å². The lowest BCUT2D eigenvalue weighted by Crippen LogP contribution is -2.47. The number of piperidine rings is 1. The first-order valence-corrected chi connectivity index (χ1v) is 8.75. The second-order valence-corrected chi connectivity index (χ2v) is 7.05. The van der Waals surface area contributed by atoms with Gasteiger partial charge in [0.2, 0.25) is 5.91 Å². The average molecular weight is 357 g/mol. The lowest BCUT2D eigenvalue weighted by molar-refractivity contribution is -0.130. The van der Waals surface area contributed by atoms with Crippen LogP contribution in [0, 0.1) is 6.92 Å². The maximum Gasteiger partial charge on any atom is 0.255 e. The van der Waals surface area contributed by atoms with Crippen LogP contribution < -0.4 is 5.32 Å². The van der Waals surface area contributed by atoms with Crippen molar-refractivity contribution in [3.63, 3.8) is 0 Å². The molecule has 2 rings (SSSR count). The topological polar surface area (TPSA) is 49.4 Å². The number of benzene rings is 1. The Morgan fingerprint density at radius 3 is 2.39 bits per heavy atom. The summed E-state index contributed by atoms with van der Waals surface area (Å²) in [6, 6.07) is 8.35. The smallest absolute Gasteiger partial charge is 0.255 e. The monoisotopic (exact) mass is 356 g/mol. The van der Waals surface area contributed by atoms with Crippen LogP contribution in [0.4, 0.5) is 0 Å². The molecule has 126 valence electrons. The van der Waals surface area contributed by atoms with E-state index >= 15 is 0 Å². The highest BCUT2D eigenvalue weighted by Crippen LogP contribution is 2.15. The minimum Gasteiger partial charge on any atom is -0.353 e. The van der Waals surface area contributed by atoms with E-state index in [4.69, 9.17) is 23.2 Å². The molecule has 1 N–H and O–H groups in total. The van der Waals surface area contributed by atoms with Gasteiger partial charge in [-0.3, -0.25) is 9.59 Å². The molecule has 0 atom stereocenters. The Balaban J connectivity index is 1.70. The zero-order chi connectivity index (χ0) is 16.8. The fourth-order valence-corrected chi connectivity index (χ4v) is 2.97. The SMILES string of the molecule is Cc1ccc(CCC(=O)NC2CCN(C(=O)C(Cl)Cl)CC2)cc1. The number of hydrogen-bond acceptors (Lipinski definition) is 2. The fourth-order valence-electron chi connectivity index (χ4n) is 2.69. The lowest BCUT2D eigenvalue weighted by atomic mass is 10.0. The molecular formula is C17H22Cl2N2O2. The second kappa shape index (κ2) is 8.55. The van der Waals surface area contributed by atoms with Crippen molar-refractivity contribution in [2.24, 2.45) is 0 Å². The summed E-state index contributed by atoms with van der Waals surface area (Å²) in [5.41, 5.74) is 2.39. The van der Waals surface area contributed by atoms with E-state index in [0.29, 0.717) is 19.5 Å². The molecule has 0 aromatic heterocycles.